The third kappa shape index (κ3) is 5.87. The summed E-state index contributed by atoms with van der Waals surface area (Å²) in [6, 6.07) is 5.96. The molecule has 1 unspecified atom stereocenters. The van der Waals surface area contributed by atoms with Crippen LogP contribution < -0.4 is 4.74 Å². The highest BCUT2D eigenvalue weighted by atomic mass is 35.5. The lowest BCUT2D eigenvalue weighted by molar-refractivity contribution is -0.141. The van der Waals surface area contributed by atoms with Gasteiger partial charge in [0.15, 0.2) is 18.4 Å². The molecule has 0 aliphatic carbocycles. The number of amides is 1. The van der Waals surface area contributed by atoms with Crippen molar-refractivity contribution in [1.82, 2.24) is 19.9 Å². The van der Waals surface area contributed by atoms with Crippen LogP contribution in [-0.2, 0) is 15.8 Å². The van der Waals surface area contributed by atoms with Gasteiger partial charge in [0.1, 0.15) is 12.0 Å². The van der Waals surface area contributed by atoms with Crippen molar-refractivity contribution >= 4 is 46.2 Å². The first-order valence-corrected chi connectivity index (χ1v) is 13.2. The van der Waals surface area contributed by atoms with E-state index in [2.05, 4.69) is 15.1 Å². The lowest BCUT2D eigenvalue weighted by Crippen LogP contribution is -2.40. The van der Waals surface area contributed by atoms with E-state index in [4.69, 9.17) is 37.8 Å². The Morgan fingerprint density at radius 2 is 1.92 bits per heavy atom. The number of oxime groups is 1. The number of carbonyl (C=O) groups is 1. The van der Waals surface area contributed by atoms with E-state index in [0.717, 1.165) is 22.7 Å². The molecule has 5 rings (SSSR count). The van der Waals surface area contributed by atoms with Crippen LogP contribution in [0.15, 0.2) is 41.1 Å². The molecule has 0 N–H and O–H groups in total. The monoisotopic (exact) mass is 585 g/mol. The maximum absolute atomic E-state index is 12.8. The smallest absolute Gasteiger partial charge is 0.433 e. The minimum absolute atomic E-state index is 0.173. The van der Waals surface area contributed by atoms with Gasteiger partial charge >= 0.3 is 6.18 Å². The molecule has 2 aromatic heterocycles. The molecule has 4 heterocycles. The lowest BCUT2D eigenvalue weighted by Gasteiger charge is -2.31. The van der Waals surface area contributed by atoms with Crippen LogP contribution in [0.4, 0.5) is 13.2 Å². The first kappa shape index (κ1) is 26.6. The summed E-state index contributed by atoms with van der Waals surface area (Å²) in [6.45, 7) is 0.559. The summed E-state index contributed by atoms with van der Waals surface area (Å²) in [5.41, 5.74) is 1.03. The number of hydrogen-bond acceptors (Lipinski definition) is 8. The van der Waals surface area contributed by atoms with E-state index < -0.39 is 18.5 Å². The highest BCUT2D eigenvalue weighted by Gasteiger charge is 2.34. The van der Waals surface area contributed by atoms with Crippen LogP contribution in [0.25, 0.3) is 0 Å². The zero-order valence-corrected chi connectivity index (χ0v) is 21.9. The third-order valence-corrected chi connectivity index (χ3v) is 7.95. The Hall–Kier alpha value is -2.96. The van der Waals surface area contributed by atoms with Gasteiger partial charge in [0, 0.05) is 52.5 Å². The van der Waals surface area contributed by atoms with E-state index in [-0.39, 0.29) is 23.8 Å². The summed E-state index contributed by atoms with van der Waals surface area (Å²) in [7, 11) is 0. The molecule has 3 aromatic rings. The van der Waals surface area contributed by atoms with Crippen LogP contribution in [0, 0.1) is 0 Å². The number of nitrogens with zero attached hydrogens (tertiary/aromatic N) is 5. The van der Waals surface area contributed by atoms with E-state index in [1.54, 1.807) is 23.1 Å². The Balaban J connectivity index is 1.13. The Morgan fingerprint density at radius 3 is 2.63 bits per heavy atom. The van der Waals surface area contributed by atoms with Gasteiger partial charge in [-0.05, 0) is 25.0 Å². The van der Waals surface area contributed by atoms with Crippen molar-refractivity contribution in [2.45, 2.75) is 37.5 Å². The fourth-order valence-corrected chi connectivity index (χ4v) is 5.93. The van der Waals surface area contributed by atoms with Crippen LogP contribution in [0.1, 0.15) is 53.2 Å². The number of carbonyl (C=O) groups excluding carboxylic acids is 1. The number of halogens is 5. The number of likely N-dealkylation sites (tertiary alicyclic amines) is 1. The van der Waals surface area contributed by atoms with Gasteiger partial charge in [-0.2, -0.15) is 13.2 Å². The minimum atomic E-state index is -4.62. The Kier molecular flexibility index (Phi) is 7.73. The predicted octanol–water partition coefficient (Wildman–Crippen LogP) is 5.91. The SMILES string of the molecule is O=C(COc1cc(C(F)(F)F)ncn1)N1CCC(c2nc(C3=NOC(c4c(Cl)cccc4Cl)C3)cs2)CC1. The maximum Gasteiger partial charge on any atom is 0.433 e. The zero-order chi connectivity index (χ0) is 26.9. The number of hydrogen-bond donors (Lipinski definition) is 0. The van der Waals surface area contributed by atoms with Crippen LogP contribution in [0.5, 0.6) is 5.88 Å². The molecule has 2 aliphatic heterocycles. The second kappa shape index (κ2) is 11.0. The number of aromatic nitrogens is 3. The Bertz CT molecular complexity index is 1340. The number of benzene rings is 1. The number of alkyl halides is 3. The Labute approximate surface area is 229 Å². The fourth-order valence-electron chi connectivity index (χ4n) is 4.29. The highest BCUT2D eigenvalue weighted by Crippen LogP contribution is 2.39. The first-order chi connectivity index (χ1) is 18.2. The summed E-state index contributed by atoms with van der Waals surface area (Å²) in [4.78, 5) is 31.4. The van der Waals surface area contributed by atoms with Crippen LogP contribution in [0.2, 0.25) is 10.0 Å². The summed E-state index contributed by atoms with van der Waals surface area (Å²) >= 11 is 14.1. The highest BCUT2D eigenvalue weighted by molar-refractivity contribution is 7.10. The number of ether oxygens (including phenoxy) is 1. The van der Waals surface area contributed by atoms with Crippen LogP contribution in [-0.4, -0.2) is 51.2 Å². The van der Waals surface area contributed by atoms with Gasteiger partial charge in [-0.15, -0.1) is 11.3 Å². The van der Waals surface area contributed by atoms with Gasteiger partial charge in [0.2, 0.25) is 5.88 Å². The van der Waals surface area contributed by atoms with Crippen LogP contribution in [0.3, 0.4) is 0 Å². The first-order valence-electron chi connectivity index (χ1n) is 11.6. The van der Waals surface area contributed by atoms with Crippen molar-refractivity contribution in [3.63, 3.8) is 0 Å². The molecule has 1 amide bonds. The summed E-state index contributed by atoms with van der Waals surface area (Å²) in [5, 5.41) is 8.14. The van der Waals surface area contributed by atoms with E-state index in [9.17, 15) is 18.0 Å². The second-order valence-corrected chi connectivity index (χ2v) is 10.4. The van der Waals surface area contributed by atoms with Crippen molar-refractivity contribution in [3.8, 4) is 5.88 Å². The molecule has 1 atom stereocenters. The average molecular weight is 586 g/mol. The molecule has 14 heteroatoms. The molecule has 38 heavy (non-hydrogen) atoms. The van der Waals surface area contributed by atoms with E-state index in [1.165, 1.54) is 11.3 Å². The molecule has 0 saturated carbocycles. The summed E-state index contributed by atoms with van der Waals surface area (Å²) in [6.07, 6.45) is -2.35. The van der Waals surface area contributed by atoms with Gasteiger partial charge < -0.3 is 14.5 Å². The van der Waals surface area contributed by atoms with Gasteiger partial charge in [0.05, 0.1) is 10.7 Å². The Morgan fingerprint density at radius 1 is 1.18 bits per heavy atom. The normalized spacial score (nSPS) is 18.3. The molecular weight excluding hydrogens is 566 g/mol. The van der Waals surface area contributed by atoms with E-state index in [0.29, 0.717) is 54.0 Å². The fraction of sp³-hybridized carbons (Fsp3) is 0.375. The van der Waals surface area contributed by atoms with Crippen molar-refractivity contribution < 1.29 is 27.5 Å². The van der Waals surface area contributed by atoms with E-state index in [1.807, 2.05) is 5.38 Å². The van der Waals surface area contributed by atoms with Gasteiger partial charge in [-0.3, -0.25) is 4.79 Å². The molecule has 200 valence electrons. The second-order valence-electron chi connectivity index (χ2n) is 8.73. The molecule has 1 aromatic carbocycles. The quantitative estimate of drug-likeness (QED) is 0.357. The van der Waals surface area contributed by atoms with Crippen molar-refractivity contribution in [2.75, 3.05) is 19.7 Å². The van der Waals surface area contributed by atoms with E-state index >= 15 is 0 Å². The summed E-state index contributed by atoms with van der Waals surface area (Å²) in [5.74, 6) is -0.451. The largest absolute Gasteiger partial charge is 0.467 e. The molecule has 2 aliphatic rings. The van der Waals surface area contributed by atoms with Crippen molar-refractivity contribution in [2.24, 2.45) is 5.16 Å². The molecular formula is C24H20Cl2F3N5O3S. The number of rotatable bonds is 6. The predicted molar refractivity (Wildman–Crippen MR) is 135 cm³/mol. The number of thiazole rings is 1. The molecule has 0 radical (unpaired) electrons. The standard InChI is InChI=1S/C24H20Cl2F3N5O3S/c25-14-2-1-3-15(26)22(14)18-8-16(33-37-18)17-11-38-23(32-17)13-4-6-34(7-5-13)21(35)10-36-20-9-19(24(27,28)29)30-12-31-20/h1-3,9,11-13,18H,4-8,10H2. The molecule has 1 saturated heterocycles. The average Bonchev–Trinajstić information content (AvgIpc) is 3.57. The van der Waals surface area contributed by atoms with Crippen molar-refractivity contribution in [3.05, 3.63) is 68.0 Å². The molecule has 8 nitrogen and oxygen atoms in total. The van der Waals surface area contributed by atoms with Crippen molar-refractivity contribution in [1.29, 1.82) is 0 Å². The van der Waals surface area contributed by atoms with Gasteiger partial charge in [-0.25, -0.2) is 15.0 Å². The minimum Gasteiger partial charge on any atom is -0.467 e. The zero-order valence-electron chi connectivity index (χ0n) is 19.6. The molecule has 0 bridgehead atoms. The van der Waals surface area contributed by atoms with Gasteiger partial charge in [0.25, 0.3) is 5.91 Å². The van der Waals surface area contributed by atoms with Gasteiger partial charge in [-0.1, -0.05) is 34.4 Å². The molecule has 1 fully saturated rings. The maximum atomic E-state index is 12.8. The third-order valence-electron chi connectivity index (χ3n) is 6.28. The number of piperidine rings is 1. The van der Waals surface area contributed by atoms with Crippen LogP contribution >= 0.6 is 34.5 Å². The topological polar surface area (TPSA) is 89.8 Å². The molecule has 0 spiro atoms. The summed E-state index contributed by atoms with van der Waals surface area (Å²) < 4.78 is 43.6. The lowest BCUT2D eigenvalue weighted by atomic mass is 9.97.